The number of halogens is 3. The molecule has 3 N–H and O–H groups in total. The molecule has 8 nitrogen and oxygen atoms in total. The number of aromatic nitrogens is 3. The molecule has 5 rings (SSSR count). The van der Waals surface area contributed by atoms with E-state index in [0.717, 1.165) is 24.2 Å². The minimum atomic E-state index is -4.54. The van der Waals surface area contributed by atoms with E-state index in [9.17, 15) is 28.3 Å². The maximum absolute atomic E-state index is 14.2. The molecule has 2 aromatic carbocycles. The minimum absolute atomic E-state index is 0.0343. The van der Waals surface area contributed by atoms with E-state index < -0.39 is 30.7 Å². The van der Waals surface area contributed by atoms with Gasteiger partial charge < -0.3 is 15.7 Å². The second kappa shape index (κ2) is 11.9. The first-order valence-corrected chi connectivity index (χ1v) is 13.8. The zero-order chi connectivity index (χ0) is 30.0. The third-order valence-corrected chi connectivity index (χ3v) is 7.86. The highest BCUT2D eigenvalue weighted by Crippen LogP contribution is 2.43. The summed E-state index contributed by atoms with van der Waals surface area (Å²) in [6, 6.07) is 12.6. The van der Waals surface area contributed by atoms with Crippen LogP contribution in [0.4, 0.5) is 24.8 Å². The SMILES string of the molecule is Cc1cccc(C)c1-n1cc(C#N)c2nc(Nc3ccc(C4CCNCC4)c(C(CCO)C(F)(F)F)c3)ncc2c1=O. The number of benzene rings is 2. The molecule has 0 bridgehead atoms. The fraction of sp³-hybridized carbons (Fsp3) is 0.355. The van der Waals surface area contributed by atoms with Crippen molar-refractivity contribution in [3.8, 4) is 11.8 Å². The summed E-state index contributed by atoms with van der Waals surface area (Å²) < 4.78 is 43.9. The number of aryl methyl sites for hydroxylation is 2. The zero-order valence-electron chi connectivity index (χ0n) is 23.3. The van der Waals surface area contributed by atoms with Gasteiger partial charge >= 0.3 is 6.18 Å². The molecule has 0 amide bonds. The van der Waals surface area contributed by atoms with Crippen molar-refractivity contribution in [2.45, 2.75) is 51.1 Å². The first-order chi connectivity index (χ1) is 20.1. The fourth-order valence-corrected chi connectivity index (χ4v) is 5.83. The Balaban J connectivity index is 1.57. The monoisotopic (exact) mass is 576 g/mol. The number of hydrogen-bond acceptors (Lipinski definition) is 7. The van der Waals surface area contributed by atoms with Gasteiger partial charge in [-0.15, -0.1) is 0 Å². The van der Waals surface area contributed by atoms with Gasteiger partial charge in [0, 0.05) is 24.7 Å². The summed E-state index contributed by atoms with van der Waals surface area (Å²) in [5.41, 5.74) is 3.37. The van der Waals surface area contributed by atoms with Crippen LogP contribution >= 0.6 is 0 Å². The van der Waals surface area contributed by atoms with Gasteiger partial charge in [0.15, 0.2) is 0 Å². The summed E-state index contributed by atoms with van der Waals surface area (Å²) in [5, 5.41) is 25.7. The average Bonchev–Trinajstić information content (AvgIpc) is 2.97. The predicted molar refractivity (Wildman–Crippen MR) is 154 cm³/mol. The van der Waals surface area contributed by atoms with Gasteiger partial charge in [0.2, 0.25) is 5.95 Å². The fourth-order valence-electron chi connectivity index (χ4n) is 5.83. The number of para-hydroxylation sites is 1. The number of anilines is 2. The van der Waals surface area contributed by atoms with Gasteiger partial charge in [-0.1, -0.05) is 24.3 Å². The third-order valence-electron chi connectivity index (χ3n) is 7.86. The predicted octanol–water partition coefficient (Wildman–Crippen LogP) is 5.51. The molecule has 0 radical (unpaired) electrons. The maximum Gasteiger partial charge on any atom is 0.395 e. The Morgan fingerprint density at radius 3 is 2.55 bits per heavy atom. The van der Waals surface area contributed by atoms with Crippen LogP contribution in [0.15, 0.2) is 53.6 Å². The molecule has 4 aromatic rings. The van der Waals surface area contributed by atoms with Crippen molar-refractivity contribution in [3.05, 3.63) is 87.0 Å². The van der Waals surface area contributed by atoms with Gasteiger partial charge in [-0.25, -0.2) is 9.97 Å². The lowest BCUT2D eigenvalue weighted by Crippen LogP contribution is -2.29. The first-order valence-electron chi connectivity index (χ1n) is 13.8. The Morgan fingerprint density at radius 2 is 1.90 bits per heavy atom. The highest BCUT2D eigenvalue weighted by Gasteiger charge is 2.42. The molecule has 0 saturated carbocycles. The van der Waals surface area contributed by atoms with Gasteiger partial charge in [-0.05, 0) is 86.5 Å². The maximum atomic E-state index is 14.2. The van der Waals surface area contributed by atoms with E-state index in [1.807, 2.05) is 32.0 Å². The van der Waals surface area contributed by atoms with Gasteiger partial charge in [0.1, 0.15) is 11.6 Å². The molecular formula is C31H31F3N6O2. The Kier molecular flexibility index (Phi) is 8.29. The van der Waals surface area contributed by atoms with E-state index in [4.69, 9.17) is 0 Å². The normalized spacial score (nSPS) is 15.0. The lowest BCUT2D eigenvalue weighted by atomic mass is 9.81. The van der Waals surface area contributed by atoms with Crippen molar-refractivity contribution in [3.63, 3.8) is 0 Å². The number of nitriles is 1. The molecule has 42 heavy (non-hydrogen) atoms. The van der Waals surface area contributed by atoms with Crippen LogP contribution in [0.5, 0.6) is 0 Å². The van der Waals surface area contributed by atoms with E-state index in [1.165, 1.54) is 23.0 Å². The highest BCUT2D eigenvalue weighted by molar-refractivity contribution is 5.84. The van der Waals surface area contributed by atoms with Crippen molar-refractivity contribution in [2.75, 3.05) is 25.0 Å². The summed E-state index contributed by atoms with van der Waals surface area (Å²) in [4.78, 5) is 22.2. The molecule has 1 unspecified atom stereocenters. The number of nitrogens with one attached hydrogen (secondary N) is 2. The zero-order valence-corrected chi connectivity index (χ0v) is 23.3. The van der Waals surface area contributed by atoms with Crippen molar-refractivity contribution in [1.29, 1.82) is 5.26 Å². The van der Waals surface area contributed by atoms with Crippen molar-refractivity contribution in [2.24, 2.45) is 0 Å². The molecule has 11 heteroatoms. The van der Waals surface area contributed by atoms with E-state index >= 15 is 0 Å². The summed E-state index contributed by atoms with van der Waals surface area (Å²) in [6.45, 7) is 4.60. The highest BCUT2D eigenvalue weighted by atomic mass is 19.4. The summed E-state index contributed by atoms with van der Waals surface area (Å²) in [5.74, 6) is -1.83. The van der Waals surface area contributed by atoms with Crippen LogP contribution in [0, 0.1) is 25.2 Å². The number of aliphatic hydroxyl groups excluding tert-OH is 1. The quantitative estimate of drug-likeness (QED) is 0.266. The first kappa shape index (κ1) is 29.2. The van der Waals surface area contributed by atoms with E-state index in [1.54, 1.807) is 12.1 Å². The van der Waals surface area contributed by atoms with Crippen molar-refractivity contribution >= 4 is 22.5 Å². The third kappa shape index (κ3) is 5.73. The Labute approximate surface area is 240 Å². The van der Waals surface area contributed by atoms with Crippen LogP contribution in [0.2, 0.25) is 0 Å². The Morgan fingerprint density at radius 1 is 1.19 bits per heavy atom. The lowest BCUT2D eigenvalue weighted by Gasteiger charge is -2.29. The molecule has 2 aromatic heterocycles. The van der Waals surface area contributed by atoms with Crippen molar-refractivity contribution in [1.82, 2.24) is 19.9 Å². The number of piperidine rings is 1. The van der Waals surface area contributed by atoms with E-state index in [2.05, 4.69) is 26.7 Å². The molecule has 0 spiro atoms. The molecular weight excluding hydrogens is 545 g/mol. The van der Waals surface area contributed by atoms with E-state index in [-0.39, 0.29) is 33.9 Å². The van der Waals surface area contributed by atoms with Gasteiger partial charge in [-0.3, -0.25) is 9.36 Å². The standard InChI is InChI=1S/C31H31F3N6O2/c1-18-4-3-5-19(2)28(18)40-17-21(15-35)27-25(29(40)42)16-37-30(39-27)38-22-6-7-23(20-8-11-36-12-9-20)24(14-22)26(10-13-41)31(32,33)34/h3-7,14,16-17,20,26,36,41H,8-13H2,1-2H3,(H,37,38,39). The average molecular weight is 577 g/mol. The molecule has 3 heterocycles. The number of hydrogen-bond donors (Lipinski definition) is 3. The summed E-state index contributed by atoms with van der Waals surface area (Å²) >= 11 is 0. The molecule has 1 fully saturated rings. The van der Waals surface area contributed by atoms with Crippen molar-refractivity contribution < 1.29 is 18.3 Å². The van der Waals surface area contributed by atoms with Crippen LogP contribution in [-0.4, -0.2) is 45.5 Å². The Hall–Kier alpha value is -4.27. The van der Waals surface area contributed by atoms with E-state index in [0.29, 0.717) is 29.8 Å². The molecule has 218 valence electrons. The van der Waals surface area contributed by atoms with Crippen LogP contribution < -0.4 is 16.2 Å². The Bertz CT molecular complexity index is 1700. The topological polar surface area (TPSA) is 116 Å². The molecule has 1 aliphatic rings. The number of alkyl halides is 3. The molecule has 0 aliphatic carbocycles. The minimum Gasteiger partial charge on any atom is -0.396 e. The molecule has 1 atom stereocenters. The van der Waals surface area contributed by atoms with Gasteiger partial charge in [0.05, 0.1) is 22.6 Å². The summed E-state index contributed by atoms with van der Waals surface area (Å²) in [6.07, 6.45) is -0.783. The number of pyridine rings is 1. The second-order valence-corrected chi connectivity index (χ2v) is 10.6. The van der Waals surface area contributed by atoms with Gasteiger partial charge in [0.25, 0.3) is 5.56 Å². The number of nitrogens with zero attached hydrogens (tertiary/aromatic N) is 4. The van der Waals surface area contributed by atoms with Gasteiger partial charge in [-0.2, -0.15) is 18.4 Å². The number of aliphatic hydroxyl groups is 1. The van der Waals surface area contributed by atoms with Crippen LogP contribution in [0.3, 0.4) is 0 Å². The van der Waals surface area contributed by atoms with Crippen LogP contribution in [0.25, 0.3) is 16.6 Å². The smallest absolute Gasteiger partial charge is 0.395 e. The van der Waals surface area contributed by atoms with Crippen LogP contribution in [-0.2, 0) is 0 Å². The second-order valence-electron chi connectivity index (χ2n) is 10.6. The lowest BCUT2D eigenvalue weighted by molar-refractivity contribution is -0.153. The largest absolute Gasteiger partial charge is 0.396 e. The number of rotatable bonds is 7. The van der Waals surface area contributed by atoms with Crippen LogP contribution in [0.1, 0.15) is 58.9 Å². The molecule has 1 saturated heterocycles. The summed E-state index contributed by atoms with van der Waals surface area (Å²) in [7, 11) is 0. The molecule has 1 aliphatic heterocycles. The number of fused-ring (bicyclic) bond motifs is 1.